The van der Waals surface area contributed by atoms with E-state index in [2.05, 4.69) is 5.32 Å². The Morgan fingerprint density at radius 1 is 1.25 bits per heavy atom. The minimum absolute atomic E-state index is 0.160. The summed E-state index contributed by atoms with van der Waals surface area (Å²) in [6, 6.07) is 8.75. The number of nitrogens with zero attached hydrogens (tertiary/aromatic N) is 2. The number of benzene rings is 1. The highest BCUT2D eigenvalue weighted by Gasteiger charge is 2.49. The van der Waals surface area contributed by atoms with Gasteiger partial charge in [0, 0.05) is 12.6 Å². The summed E-state index contributed by atoms with van der Waals surface area (Å²) in [4.78, 5) is 40.5. The van der Waals surface area contributed by atoms with Gasteiger partial charge in [-0.15, -0.1) is 0 Å². The maximum atomic E-state index is 12.8. The maximum absolute atomic E-state index is 12.8. The zero-order chi connectivity index (χ0) is 17.3. The van der Waals surface area contributed by atoms with E-state index < -0.39 is 11.6 Å². The largest absolute Gasteiger partial charge is 0.338 e. The summed E-state index contributed by atoms with van der Waals surface area (Å²) in [5.74, 6) is -0.542. The van der Waals surface area contributed by atoms with Crippen LogP contribution in [0.1, 0.15) is 38.7 Å². The summed E-state index contributed by atoms with van der Waals surface area (Å²) in [6.45, 7) is 4.19. The van der Waals surface area contributed by atoms with E-state index in [0.717, 1.165) is 24.2 Å². The van der Waals surface area contributed by atoms with Crippen LogP contribution in [0.3, 0.4) is 0 Å². The van der Waals surface area contributed by atoms with Crippen LogP contribution in [0.5, 0.6) is 0 Å². The number of nitrogens with one attached hydrogen (secondary N) is 1. The maximum Gasteiger partial charge on any atom is 0.325 e. The molecule has 0 aromatic heterocycles. The topological polar surface area (TPSA) is 69.7 Å². The SMILES string of the molecule is C[C@H]1CCCCN1C(=O)CN1C(=O)N[C@](C)(c2ccccc2)C1=O. The third kappa shape index (κ3) is 2.77. The van der Waals surface area contributed by atoms with Crippen LogP contribution < -0.4 is 5.32 Å². The van der Waals surface area contributed by atoms with Crippen LogP contribution in [0.15, 0.2) is 30.3 Å². The van der Waals surface area contributed by atoms with Gasteiger partial charge in [0.2, 0.25) is 5.91 Å². The van der Waals surface area contributed by atoms with Crippen LogP contribution >= 0.6 is 0 Å². The van der Waals surface area contributed by atoms with Gasteiger partial charge in [0.25, 0.3) is 5.91 Å². The van der Waals surface area contributed by atoms with Crippen molar-refractivity contribution in [1.82, 2.24) is 15.1 Å². The first-order valence-corrected chi connectivity index (χ1v) is 8.42. The molecule has 2 heterocycles. The molecule has 0 radical (unpaired) electrons. The first-order chi connectivity index (χ1) is 11.4. The predicted octanol–water partition coefficient (Wildman–Crippen LogP) is 1.85. The van der Waals surface area contributed by atoms with E-state index in [1.165, 1.54) is 0 Å². The van der Waals surface area contributed by atoms with Gasteiger partial charge in [-0.2, -0.15) is 0 Å². The van der Waals surface area contributed by atoms with Crippen LogP contribution in [0, 0.1) is 0 Å². The van der Waals surface area contributed by atoms with Crippen molar-refractivity contribution < 1.29 is 14.4 Å². The standard InChI is InChI=1S/C18H23N3O3/c1-13-8-6-7-11-20(13)15(22)12-21-16(23)18(2,19-17(21)24)14-9-4-3-5-10-14/h3-5,9-10,13H,6-8,11-12H2,1-2H3,(H,19,24)/t13-,18+/m0/s1. The first-order valence-electron chi connectivity index (χ1n) is 8.42. The Bertz CT molecular complexity index is 661. The molecular weight excluding hydrogens is 306 g/mol. The van der Waals surface area contributed by atoms with Crippen LogP contribution in [0.25, 0.3) is 0 Å². The fraction of sp³-hybridized carbons (Fsp3) is 0.500. The van der Waals surface area contributed by atoms with Gasteiger partial charge < -0.3 is 10.2 Å². The second kappa shape index (κ2) is 6.26. The number of hydrogen-bond donors (Lipinski definition) is 1. The molecule has 2 saturated heterocycles. The third-order valence-corrected chi connectivity index (χ3v) is 5.04. The number of imide groups is 1. The Morgan fingerprint density at radius 3 is 2.62 bits per heavy atom. The number of piperidine rings is 1. The van der Waals surface area contributed by atoms with Crippen LogP contribution in [-0.2, 0) is 15.1 Å². The molecule has 2 aliphatic rings. The molecule has 4 amide bonds. The van der Waals surface area contributed by atoms with Crippen LogP contribution in [-0.4, -0.2) is 46.8 Å². The van der Waals surface area contributed by atoms with E-state index in [0.29, 0.717) is 12.1 Å². The summed E-state index contributed by atoms with van der Waals surface area (Å²) in [7, 11) is 0. The van der Waals surface area contributed by atoms with Crippen molar-refractivity contribution in [2.45, 2.75) is 44.7 Å². The molecule has 0 aliphatic carbocycles. The smallest absolute Gasteiger partial charge is 0.325 e. The summed E-state index contributed by atoms with van der Waals surface area (Å²) in [6.07, 6.45) is 3.05. The highest BCUT2D eigenvalue weighted by molar-refractivity contribution is 6.09. The number of rotatable bonds is 3. The molecule has 0 unspecified atom stereocenters. The quantitative estimate of drug-likeness (QED) is 0.861. The molecule has 6 heteroatoms. The molecule has 1 aromatic carbocycles. The molecule has 2 atom stereocenters. The summed E-state index contributed by atoms with van der Waals surface area (Å²) in [5.41, 5.74) is -0.406. The highest BCUT2D eigenvalue weighted by atomic mass is 16.2. The molecular formula is C18H23N3O3. The number of carbonyl (C=O) groups excluding carboxylic acids is 3. The number of hydrogen-bond acceptors (Lipinski definition) is 3. The Hall–Kier alpha value is -2.37. The van der Waals surface area contributed by atoms with Crippen molar-refractivity contribution in [3.8, 4) is 0 Å². The fourth-order valence-electron chi connectivity index (χ4n) is 3.50. The van der Waals surface area contributed by atoms with Gasteiger partial charge >= 0.3 is 6.03 Å². The van der Waals surface area contributed by atoms with E-state index in [1.54, 1.807) is 24.0 Å². The molecule has 3 rings (SSSR count). The summed E-state index contributed by atoms with van der Waals surface area (Å²) < 4.78 is 0. The molecule has 2 aliphatic heterocycles. The number of urea groups is 1. The lowest BCUT2D eigenvalue weighted by atomic mass is 9.92. The van der Waals surface area contributed by atoms with Gasteiger partial charge in [-0.3, -0.25) is 14.5 Å². The van der Waals surface area contributed by atoms with E-state index in [9.17, 15) is 14.4 Å². The number of likely N-dealkylation sites (tertiary alicyclic amines) is 1. The first kappa shape index (κ1) is 16.5. The molecule has 0 spiro atoms. The van der Waals surface area contributed by atoms with Crippen molar-refractivity contribution in [2.24, 2.45) is 0 Å². The minimum atomic E-state index is -1.12. The minimum Gasteiger partial charge on any atom is -0.338 e. The Labute approximate surface area is 141 Å². The molecule has 0 saturated carbocycles. The second-order valence-electron chi connectivity index (χ2n) is 6.74. The van der Waals surface area contributed by atoms with Crippen molar-refractivity contribution in [1.29, 1.82) is 0 Å². The number of carbonyl (C=O) groups is 3. The van der Waals surface area contributed by atoms with Crippen molar-refractivity contribution in [2.75, 3.05) is 13.1 Å². The predicted molar refractivity (Wildman–Crippen MR) is 89.1 cm³/mol. The average Bonchev–Trinajstić information content (AvgIpc) is 2.80. The van der Waals surface area contributed by atoms with Gasteiger partial charge in [-0.25, -0.2) is 4.79 Å². The molecule has 1 aromatic rings. The second-order valence-corrected chi connectivity index (χ2v) is 6.74. The van der Waals surface area contributed by atoms with Crippen LogP contribution in [0.2, 0.25) is 0 Å². The summed E-state index contributed by atoms with van der Waals surface area (Å²) >= 11 is 0. The van der Waals surface area contributed by atoms with Crippen molar-refractivity contribution in [3.63, 3.8) is 0 Å². The molecule has 6 nitrogen and oxygen atoms in total. The van der Waals surface area contributed by atoms with E-state index in [-0.39, 0.29) is 24.4 Å². The molecule has 24 heavy (non-hydrogen) atoms. The Balaban J connectivity index is 1.76. The van der Waals surface area contributed by atoms with Crippen LogP contribution in [0.4, 0.5) is 4.79 Å². The number of amides is 4. The van der Waals surface area contributed by atoms with Gasteiger partial charge in [0.05, 0.1) is 0 Å². The van der Waals surface area contributed by atoms with Crippen molar-refractivity contribution in [3.05, 3.63) is 35.9 Å². The monoisotopic (exact) mass is 329 g/mol. The lowest BCUT2D eigenvalue weighted by Gasteiger charge is -2.34. The van der Waals surface area contributed by atoms with E-state index in [1.807, 2.05) is 25.1 Å². The average molecular weight is 329 g/mol. The molecule has 2 fully saturated rings. The van der Waals surface area contributed by atoms with E-state index in [4.69, 9.17) is 0 Å². The molecule has 1 N–H and O–H groups in total. The third-order valence-electron chi connectivity index (χ3n) is 5.04. The molecule has 0 bridgehead atoms. The zero-order valence-electron chi connectivity index (χ0n) is 14.1. The highest BCUT2D eigenvalue weighted by Crippen LogP contribution is 2.28. The zero-order valence-corrected chi connectivity index (χ0v) is 14.1. The van der Waals surface area contributed by atoms with Gasteiger partial charge in [-0.1, -0.05) is 30.3 Å². The Morgan fingerprint density at radius 2 is 1.96 bits per heavy atom. The van der Waals surface area contributed by atoms with Gasteiger partial charge in [-0.05, 0) is 38.7 Å². The van der Waals surface area contributed by atoms with Gasteiger partial charge in [0.15, 0.2) is 0 Å². The summed E-state index contributed by atoms with van der Waals surface area (Å²) in [5, 5.41) is 2.73. The molecule has 128 valence electrons. The normalized spacial score (nSPS) is 27.3. The lowest BCUT2D eigenvalue weighted by Crippen LogP contribution is -2.48. The van der Waals surface area contributed by atoms with E-state index >= 15 is 0 Å². The lowest BCUT2D eigenvalue weighted by molar-refractivity contribution is -0.140. The van der Waals surface area contributed by atoms with Crippen molar-refractivity contribution >= 4 is 17.8 Å². The Kier molecular flexibility index (Phi) is 4.30. The fourth-order valence-corrected chi connectivity index (χ4v) is 3.50. The van der Waals surface area contributed by atoms with Gasteiger partial charge in [0.1, 0.15) is 12.1 Å².